The smallest absolute Gasteiger partial charge is 0.387 e. The standard InChI is InChI=1S/C15H13Cl2F2NO/c1-9(13-7-10(16)5-6-14(13)17)20-11-3-2-4-12(8-11)21-15(18)19/h2-9,15,20H,1H3. The van der Waals surface area contributed by atoms with E-state index in [1.807, 2.05) is 6.92 Å². The molecule has 1 atom stereocenters. The first kappa shape index (κ1) is 15.9. The minimum Gasteiger partial charge on any atom is -0.435 e. The summed E-state index contributed by atoms with van der Waals surface area (Å²) in [6.07, 6.45) is 0. The summed E-state index contributed by atoms with van der Waals surface area (Å²) < 4.78 is 28.8. The molecule has 21 heavy (non-hydrogen) atoms. The van der Waals surface area contributed by atoms with Crippen LogP contribution in [0.1, 0.15) is 18.5 Å². The van der Waals surface area contributed by atoms with E-state index in [0.29, 0.717) is 15.7 Å². The molecule has 0 aliphatic heterocycles. The van der Waals surface area contributed by atoms with Gasteiger partial charge in [-0.25, -0.2) is 0 Å². The maximum Gasteiger partial charge on any atom is 0.387 e. The van der Waals surface area contributed by atoms with E-state index in [9.17, 15) is 8.78 Å². The first-order valence-electron chi connectivity index (χ1n) is 6.22. The van der Waals surface area contributed by atoms with Gasteiger partial charge in [0.2, 0.25) is 0 Å². The van der Waals surface area contributed by atoms with E-state index in [2.05, 4.69) is 10.1 Å². The van der Waals surface area contributed by atoms with E-state index in [1.165, 1.54) is 12.1 Å². The number of benzene rings is 2. The fraction of sp³-hybridized carbons (Fsp3) is 0.200. The maximum absolute atomic E-state index is 12.2. The summed E-state index contributed by atoms with van der Waals surface area (Å²) in [7, 11) is 0. The molecule has 6 heteroatoms. The van der Waals surface area contributed by atoms with Crippen molar-refractivity contribution in [1.29, 1.82) is 0 Å². The van der Waals surface area contributed by atoms with Gasteiger partial charge in [-0.15, -0.1) is 0 Å². The fourth-order valence-electron chi connectivity index (χ4n) is 1.94. The van der Waals surface area contributed by atoms with Crippen LogP contribution >= 0.6 is 23.2 Å². The van der Waals surface area contributed by atoms with Gasteiger partial charge in [0.1, 0.15) is 5.75 Å². The molecular formula is C15H13Cl2F2NO. The Morgan fingerprint density at radius 3 is 2.57 bits per heavy atom. The van der Waals surface area contributed by atoms with Gasteiger partial charge in [-0.1, -0.05) is 29.3 Å². The number of nitrogens with one attached hydrogen (secondary N) is 1. The van der Waals surface area contributed by atoms with E-state index in [4.69, 9.17) is 23.2 Å². The van der Waals surface area contributed by atoms with Crippen LogP contribution < -0.4 is 10.1 Å². The minimum absolute atomic E-state index is 0.0967. The molecule has 0 radical (unpaired) electrons. The molecule has 0 bridgehead atoms. The van der Waals surface area contributed by atoms with Crippen LogP contribution in [0.4, 0.5) is 14.5 Å². The molecule has 0 saturated carbocycles. The highest BCUT2D eigenvalue weighted by molar-refractivity contribution is 6.33. The summed E-state index contributed by atoms with van der Waals surface area (Å²) in [6, 6.07) is 11.4. The Labute approximate surface area is 131 Å². The van der Waals surface area contributed by atoms with Crippen molar-refractivity contribution in [2.45, 2.75) is 19.6 Å². The molecule has 2 rings (SSSR count). The van der Waals surface area contributed by atoms with E-state index in [0.717, 1.165) is 5.56 Å². The van der Waals surface area contributed by atoms with Crippen LogP contribution in [-0.4, -0.2) is 6.61 Å². The molecule has 0 aliphatic carbocycles. The van der Waals surface area contributed by atoms with E-state index >= 15 is 0 Å². The lowest BCUT2D eigenvalue weighted by Crippen LogP contribution is -2.08. The molecule has 0 saturated heterocycles. The van der Waals surface area contributed by atoms with Gasteiger partial charge >= 0.3 is 6.61 Å². The number of hydrogen-bond acceptors (Lipinski definition) is 2. The second-order valence-corrected chi connectivity index (χ2v) is 5.28. The number of rotatable bonds is 5. The van der Waals surface area contributed by atoms with Gasteiger partial charge in [-0.2, -0.15) is 8.78 Å². The van der Waals surface area contributed by atoms with Crippen molar-refractivity contribution in [2.75, 3.05) is 5.32 Å². The SMILES string of the molecule is CC(Nc1cccc(OC(F)F)c1)c1cc(Cl)ccc1Cl. The fourth-order valence-corrected chi connectivity index (χ4v) is 2.40. The van der Waals surface area contributed by atoms with Crippen molar-refractivity contribution < 1.29 is 13.5 Å². The Bertz CT molecular complexity index is 622. The van der Waals surface area contributed by atoms with Crippen LogP contribution in [0, 0.1) is 0 Å². The summed E-state index contributed by atoms with van der Waals surface area (Å²) >= 11 is 12.1. The van der Waals surface area contributed by atoms with Crippen LogP contribution in [-0.2, 0) is 0 Å². The summed E-state index contributed by atoms with van der Waals surface area (Å²) in [5.74, 6) is 0.0967. The van der Waals surface area contributed by atoms with Crippen LogP contribution in [0.25, 0.3) is 0 Å². The van der Waals surface area contributed by atoms with Crippen LogP contribution in [0.5, 0.6) is 5.75 Å². The molecule has 0 amide bonds. The van der Waals surface area contributed by atoms with E-state index in [-0.39, 0.29) is 11.8 Å². The molecule has 0 aromatic heterocycles. The van der Waals surface area contributed by atoms with Gasteiger partial charge in [-0.3, -0.25) is 0 Å². The third-order valence-electron chi connectivity index (χ3n) is 2.87. The minimum atomic E-state index is -2.85. The zero-order chi connectivity index (χ0) is 15.4. The van der Waals surface area contributed by atoms with Crippen LogP contribution in [0.15, 0.2) is 42.5 Å². The Morgan fingerprint density at radius 2 is 1.86 bits per heavy atom. The molecule has 1 N–H and O–H groups in total. The van der Waals surface area contributed by atoms with Gasteiger partial charge in [-0.05, 0) is 42.8 Å². The Kier molecular flexibility index (Phi) is 5.26. The van der Waals surface area contributed by atoms with Crippen molar-refractivity contribution in [3.63, 3.8) is 0 Å². The summed E-state index contributed by atoms with van der Waals surface area (Å²) in [4.78, 5) is 0. The third kappa shape index (κ3) is 4.48. The van der Waals surface area contributed by atoms with Gasteiger partial charge in [0.15, 0.2) is 0 Å². The average molecular weight is 332 g/mol. The monoisotopic (exact) mass is 331 g/mol. The van der Waals surface area contributed by atoms with Crippen LogP contribution in [0.3, 0.4) is 0 Å². The van der Waals surface area contributed by atoms with Crippen molar-refractivity contribution in [3.05, 3.63) is 58.1 Å². The predicted molar refractivity (Wildman–Crippen MR) is 81.6 cm³/mol. The molecule has 0 aliphatic rings. The maximum atomic E-state index is 12.2. The van der Waals surface area contributed by atoms with Gasteiger partial charge in [0, 0.05) is 21.8 Å². The lowest BCUT2D eigenvalue weighted by molar-refractivity contribution is -0.0498. The molecule has 0 heterocycles. The molecule has 2 nitrogen and oxygen atoms in total. The summed E-state index contributed by atoms with van der Waals surface area (Å²) in [5, 5.41) is 4.34. The molecule has 2 aromatic carbocycles. The molecule has 1 unspecified atom stereocenters. The number of anilines is 1. The average Bonchev–Trinajstić information content (AvgIpc) is 2.41. The van der Waals surface area contributed by atoms with Crippen molar-refractivity contribution in [2.24, 2.45) is 0 Å². The first-order valence-corrected chi connectivity index (χ1v) is 6.97. The number of hydrogen-bond donors (Lipinski definition) is 1. The molecule has 112 valence electrons. The Hall–Kier alpha value is -1.52. The second-order valence-electron chi connectivity index (χ2n) is 4.44. The van der Waals surface area contributed by atoms with Crippen LogP contribution in [0.2, 0.25) is 10.0 Å². The lowest BCUT2D eigenvalue weighted by atomic mass is 10.1. The quantitative estimate of drug-likeness (QED) is 0.751. The summed E-state index contributed by atoms with van der Waals surface area (Å²) in [6.45, 7) is -0.946. The highest BCUT2D eigenvalue weighted by Gasteiger charge is 2.11. The Balaban J connectivity index is 2.15. The largest absolute Gasteiger partial charge is 0.435 e. The van der Waals surface area contributed by atoms with Gasteiger partial charge < -0.3 is 10.1 Å². The number of alkyl halides is 2. The highest BCUT2D eigenvalue weighted by Crippen LogP contribution is 2.29. The summed E-state index contributed by atoms with van der Waals surface area (Å²) in [5.41, 5.74) is 1.47. The zero-order valence-corrected chi connectivity index (χ0v) is 12.6. The molecule has 0 spiro atoms. The number of halogens is 4. The zero-order valence-electron chi connectivity index (χ0n) is 11.1. The topological polar surface area (TPSA) is 21.3 Å². The normalized spacial score (nSPS) is 12.3. The lowest BCUT2D eigenvalue weighted by Gasteiger charge is -2.18. The van der Waals surface area contributed by atoms with Crippen molar-refractivity contribution >= 4 is 28.9 Å². The molecule has 0 fully saturated rings. The van der Waals surface area contributed by atoms with Crippen molar-refractivity contribution in [3.8, 4) is 5.75 Å². The van der Waals surface area contributed by atoms with E-state index < -0.39 is 6.61 Å². The Morgan fingerprint density at radius 1 is 1.10 bits per heavy atom. The number of ether oxygens (including phenoxy) is 1. The van der Waals surface area contributed by atoms with Gasteiger partial charge in [0.25, 0.3) is 0 Å². The first-order chi connectivity index (χ1) is 9.95. The molecule has 2 aromatic rings. The predicted octanol–water partition coefficient (Wildman–Crippen LogP) is 5.77. The van der Waals surface area contributed by atoms with Crippen molar-refractivity contribution in [1.82, 2.24) is 0 Å². The molecular weight excluding hydrogens is 319 g/mol. The van der Waals surface area contributed by atoms with Gasteiger partial charge in [0.05, 0.1) is 6.04 Å². The third-order valence-corrected chi connectivity index (χ3v) is 3.45. The second kappa shape index (κ2) is 6.96. The van der Waals surface area contributed by atoms with E-state index in [1.54, 1.807) is 30.3 Å². The highest BCUT2D eigenvalue weighted by atomic mass is 35.5.